The van der Waals surface area contributed by atoms with Crippen LogP contribution in [0.2, 0.25) is 0 Å². The minimum Gasteiger partial charge on any atom is -0.493 e. The third-order valence-corrected chi connectivity index (χ3v) is 7.04. The fraction of sp³-hybridized carbons (Fsp3) is 0.345. The third kappa shape index (κ3) is 6.06. The van der Waals surface area contributed by atoms with Crippen LogP contribution in [0.15, 0.2) is 48.5 Å². The molecule has 1 aliphatic rings. The second kappa shape index (κ2) is 11.7. The van der Waals surface area contributed by atoms with Crippen molar-refractivity contribution in [3.8, 4) is 28.5 Å². The molecule has 3 aromatic rings. The maximum Gasteiger partial charge on any atom is 0.424 e. The smallest absolute Gasteiger partial charge is 0.424 e. The van der Waals surface area contributed by atoms with Gasteiger partial charge in [-0.25, -0.2) is 9.37 Å². The largest absolute Gasteiger partial charge is 0.493 e. The minimum absolute atomic E-state index is 0.0461. The average Bonchev–Trinajstić information content (AvgIpc) is 3.31. The van der Waals surface area contributed by atoms with Crippen LogP contribution in [0, 0.1) is 5.82 Å². The summed E-state index contributed by atoms with van der Waals surface area (Å²) in [6.45, 7) is 1.11. The summed E-state index contributed by atoms with van der Waals surface area (Å²) in [5.74, 6) is -2.29. The molecule has 2 amide bonds. The number of primary amides is 1. The quantitative estimate of drug-likeness (QED) is 0.257. The number of rotatable bonds is 10. The van der Waals surface area contributed by atoms with Crippen molar-refractivity contribution in [3.05, 3.63) is 71.2 Å². The number of aromatic nitrogens is 1. The van der Waals surface area contributed by atoms with Crippen molar-refractivity contribution in [2.75, 3.05) is 26.9 Å². The number of carbonyl (C=O) groups excluding carboxylic acids is 2. The first-order valence-electron chi connectivity index (χ1n) is 12.9. The van der Waals surface area contributed by atoms with E-state index in [-0.39, 0.29) is 52.8 Å². The molecule has 0 aliphatic carbocycles. The zero-order valence-corrected chi connectivity index (χ0v) is 23.3. The summed E-state index contributed by atoms with van der Waals surface area (Å²) in [6.07, 6.45) is -6.17. The Morgan fingerprint density at radius 2 is 1.84 bits per heavy atom. The second-order valence-corrected chi connectivity index (χ2v) is 10.3. The van der Waals surface area contributed by atoms with Crippen LogP contribution in [-0.2, 0) is 15.8 Å². The first kappa shape index (κ1) is 31.5. The molecule has 43 heavy (non-hydrogen) atoms. The summed E-state index contributed by atoms with van der Waals surface area (Å²) < 4.78 is 73.6. The van der Waals surface area contributed by atoms with Crippen molar-refractivity contribution >= 4 is 11.8 Å². The molecule has 1 aromatic heterocycles. The van der Waals surface area contributed by atoms with E-state index >= 15 is 0 Å². The number of nitrogens with two attached hydrogens (primary N) is 1. The van der Waals surface area contributed by atoms with Crippen LogP contribution >= 0.6 is 0 Å². The van der Waals surface area contributed by atoms with Crippen LogP contribution in [0.5, 0.6) is 17.2 Å². The van der Waals surface area contributed by atoms with E-state index in [0.29, 0.717) is 0 Å². The lowest BCUT2D eigenvalue weighted by atomic mass is 9.81. The number of nitrogens with zero attached hydrogens (tertiary/aromatic N) is 1. The molecule has 0 bridgehead atoms. The molecule has 3 atom stereocenters. The van der Waals surface area contributed by atoms with Gasteiger partial charge in [-0.15, -0.1) is 0 Å². The van der Waals surface area contributed by atoms with Crippen molar-refractivity contribution < 1.29 is 51.6 Å². The van der Waals surface area contributed by atoms with Crippen molar-refractivity contribution in [1.82, 2.24) is 10.3 Å². The van der Waals surface area contributed by atoms with E-state index in [2.05, 4.69) is 10.3 Å². The fourth-order valence-corrected chi connectivity index (χ4v) is 4.39. The van der Waals surface area contributed by atoms with Gasteiger partial charge in [0.1, 0.15) is 35.9 Å². The molecule has 1 aliphatic heterocycles. The van der Waals surface area contributed by atoms with E-state index in [1.165, 1.54) is 51.3 Å². The van der Waals surface area contributed by atoms with E-state index in [1.807, 2.05) is 0 Å². The molecular weight excluding hydrogens is 578 g/mol. The molecule has 2 heterocycles. The van der Waals surface area contributed by atoms with Gasteiger partial charge in [-0.3, -0.25) is 9.59 Å². The number of alkyl halides is 3. The summed E-state index contributed by atoms with van der Waals surface area (Å²) in [7, 11) is 1.29. The van der Waals surface area contributed by atoms with Crippen LogP contribution in [0.25, 0.3) is 11.3 Å². The number of hydrogen-bond donors (Lipinski definition) is 4. The number of benzene rings is 2. The molecule has 230 valence electrons. The van der Waals surface area contributed by atoms with E-state index < -0.39 is 53.2 Å². The molecule has 0 fully saturated rings. The van der Waals surface area contributed by atoms with Gasteiger partial charge in [0.05, 0.1) is 25.5 Å². The van der Waals surface area contributed by atoms with Gasteiger partial charge in [-0.1, -0.05) is 0 Å². The fourth-order valence-electron chi connectivity index (χ4n) is 4.39. The SMILES string of the molecule is COc1cc(C(=O)NC[C@](O)(c2cc3c(c(-c4ccc(F)cc4)n2)OC[C@]3(C)C(N)=O)C(F)(F)F)ccc1OC[C@@H](C)O. The Labute approximate surface area is 243 Å². The van der Waals surface area contributed by atoms with E-state index in [9.17, 15) is 37.4 Å². The highest BCUT2D eigenvalue weighted by Gasteiger charge is 2.57. The lowest BCUT2D eigenvalue weighted by molar-refractivity contribution is -0.265. The van der Waals surface area contributed by atoms with Crippen LogP contribution in [0.4, 0.5) is 17.6 Å². The molecule has 0 unspecified atom stereocenters. The number of nitrogens with one attached hydrogen (secondary N) is 1. The number of aliphatic hydroxyl groups is 2. The van der Waals surface area contributed by atoms with Gasteiger partial charge in [0.15, 0.2) is 11.5 Å². The topological polar surface area (TPSA) is 153 Å². The minimum atomic E-state index is -5.37. The zero-order valence-electron chi connectivity index (χ0n) is 23.3. The average molecular weight is 608 g/mol. The molecule has 4 rings (SSSR count). The predicted octanol–water partition coefficient (Wildman–Crippen LogP) is 2.97. The van der Waals surface area contributed by atoms with Crippen LogP contribution in [-0.4, -0.2) is 66.2 Å². The summed E-state index contributed by atoms with van der Waals surface area (Å²) in [4.78, 5) is 29.3. The van der Waals surface area contributed by atoms with E-state index in [1.54, 1.807) is 0 Å². The normalized spacial score (nSPS) is 18.2. The van der Waals surface area contributed by atoms with Gasteiger partial charge in [-0.05, 0) is 62.4 Å². The Morgan fingerprint density at radius 1 is 1.16 bits per heavy atom. The first-order chi connectivity index (χ1) is 20.1. The molecule has 0 saturated heterocycles. The summed E-state index contributed by atoms with van der Waals surface area (Å²) in [5.41, 5.74) is -0.930. The maximum atomic E-state index is 14.6. The lowest BCUT2D eigenvalue weighted by Gasteiger charge is -2.31. The molecule has 0 spiro atoms. The Kier molecular flexibility index (Phi) is 8.56. The van der Waals surface area contributed by atoms with Gasteiger partial charge < -0.3 is 35.5 Å². The van der Waals surface area contributed by atoms with Crippen molar-refractivity contribution in [1.29, 1.82) is 0 Å². The number of fused-ring (bicyclic) bond motifs is 1. The monoisotopic (exact) mass is 607 g/mol. The number of ether oxygens (including phenoxy) is 3. The zero-order chi connectivity index (χ0) is 31.7. The summed E-state index contributed by atoms with van der Waals surface area (Å²) >= 11 is 0. The Hall–Kier alpha value is -4.43. The number of pyridine rings is 1. The van der Waals surface area contributed by atoms with Gasteiger partial charge in [0, 0.05) is 16.7 Å². The van der Waals surface area contributed by atoms with E-state index in [4.69, 9.17) is 19.9 Å². The summed E-state index contributed by atoms with van der Waals surface area (Å²) in [5, 5.41) is 22.7. The standard InChI is InChI=1S/C29H29F4N3O7/c1-15(37)12-42-20-9-6-17(10-21(20)41-3)25(38)35-13-28(40,29(31,32)33)22-11-19-24(43-14-27(19,2)26(34)39)23(36-22)16-4-7-18(30)8-5-16/h4-11,15,37,40H,12-14H2,1-3H3,(H2,34,39)(H,35,38)/t15-,27+,28+/m1/s1. The van der Waals surface area contributed by atoms with Gasteiger partial charge in [0.2, 0.25) is 11.5 Å². The van der Waals surface area contributed by atoms with Crippen LogP contribution in [0.3, 0.4) is 0 Å². The van der Waals surface area contributed by atoms with Crippen LogP contribution in [0.1, 0.15) is 35.5 Å². The second-order valence-electron chi connectivity index (χ2n) is 10.3. The van der Waals surface area contributed by atoms with Gasteiger partial charge in [0.25, 0.3) is 5.91 Å². The predicted molar refractivity (Wildman–Crippen MR) is 144 cm³/mol. The van der Waals surface area contributed by atoms with Gasteiger partial charge in [-0.2, -0.15) is 13.2 Å². The van der Waals surface area contributed by atoms with Crippen molar-refractivity contribution in [2.24, 2.45) is 5.73 Å². The highest BCUT2D eigenvalue weighted by atomic mass is 19.4. The Bertz CT molecular complexity index is 1530. The molecule has 0 radical (unpaired) electrons. The number of methoxy groups -OCH3 is 1. The highest BCUT2D eigenvalue weighted by Crippen LogP contribution is 2.47. The first-order valence-corrected chi connectivity index (χ1v) is 12.9. The van der Waals surface area contributed by atoms with Crippen LogP contribution < -0.4 is 25.3 Å². The Morgan fingerprint density at radius 3 is 2.42 bits per heavy atom. The lowest BCUT2D eigenvalue weighted by Crippen LogP contribution is -2.51. The molecular formula is C29H29F4N3O7. The number of amides is 2. The number of halogens is 4. The molecule has 10 nitrogen and oxygen atoms in total. The highest BCUT2D eigenvalue weighted by molar-refractivity contribution is 5.95. The molecule has 14 heteroatoms. The molecule has 2 aromatic carbocycles. The summed E-state index contributed by atoms with van der Waals surface area (Å²) in [6, 6.07) is 9.31. The number of aliphatic hydroxyl groups excluding tert-OH is 1. The van der Waals surface area contributed by atoms with E-state index in [0.717, 1.165) is 18.2 Å². The van der Waals surface area contributed by atoms with Gasteiger partial charge >= 0.3 is 6.18 Å². The molecule has 5 N–H and O–H groups in total. The molecule has 0 saturated carbocycles. The number of hydrogen-bond acceptors (Lipinski definition) is 8. The number of carbonyl (C=O) groups is 2. The van der Waals surface area contributed by atoms with Crippen molar-refractivity contribution in [3.63, 3.8) is 0 Å². The third-order valence-electron chi connectivity index (χ3n) is 7.04. The van der Waals surface area contributed by atoms with Crippen molar-refractivity contribution in [2.45, 2.75) is 37.1 Å². The maximum absolute atomic E-state index is 14.6. The Balaban J connectivity index is 1.74.